The molecule has 3 N–H and O–H groups in total. The minimum absolute atomic E-state index is 0.599. The van der Waals surface area contributed by atoms with Crippen LogP contribution < -0.4 is 9.86 Å². The molecule has 0 saturated carbocycles. The van der Waals surface area contributed by atoms with Crippen LogP contribution in [-0.4, -0.2) is 32.4 Å². The lowest BCUT2D eigenvalue weighted by molar-refractivity contribution is 0.192. The molecule has 0 aliphatic carbocycles. The minimum Gasteiger partial charge on any atom is -0.324 e. The first-order valence-corrected chi connectivity index (χ1v) is 5.63. The van der Waals surface area contributed by atoms with E-state index in [0.717, 1.165) is 19.3 Å². The van der Waals surface area contributed by atoms with E-state index < -0.39 is 16.2 Å². The van der Waals surface area contributed by atoms with Gasteiger partial charge in [-0.05, 0) is 19.3 Å². The standard InChI is InChI=1S/C6H13N3O3S/c7-13(11,12)8-6(10)9-4-2-1-3-5-9/h1-5H2,(H,8,10)(H2,7,11,12). The van der Waals surface area contributed by atoms with Crippen molar-refractivity contribution in [3.8, 4) is 0 Å². The zero-order chi connectivity index (χ0) is 9.90. The van der Waals surface area contributed by atoms with Crippen molar-refractivity contribution in [3.05, 3.63) is 0 Å². The normalized spacial score (nSPS) is 18.4. The topological polar surface area (TPSA) is 92.5 Å². The first kappa shape index (κ1) is 10.3. The molecular weight excluding hydrogens is 194 g/mol. The summed E-state index contributed by atoms with van der Waals surface area (Å²) in [7, 11) is -3.91. The van der Waals surface area contributed by atoms with Gasteiger partial charge in [-0.15, -0.1) is 0 Å². The first-order chi connectivity index (χ1) is 5.99. The molecule has 13 heavy (non-hydrogen) atoms. The van der Waals surface area contributed by atoms with Crippen molar-refractivity contribution in [1.82, 2.24) is 9.62 Å². The van der Waals surface area contributed by atoms with E-state index in [9.17, 15) is 13.2 Å². The Morgan fingerprint density at radius 3 is 2.23 bits per heavy atom. The average molecular weight is 207 g/mol. The molecule has 1 aliphatic rings. The van der Waals surface area contributed by atoms with Gasteiger partial charge in [0.05, 0.1) is 0 Å². The van der Waals surface area contributed by atoms with Crippen LogP contribution in [0.2, 0.25) is 0 Å². The van der Waals surface area contributed by atoms with Gasteiger partial charge in [-0.1, -0.05) is 0 Å². The third kappa shape index (κ3) is 3.60. The van der Waals surface area contributed by atoms with E-state index in [2.05, 4.69) is 5.14 Å². The van der Waals surface area contributed by atoms with E-state index in [1.807, 2.05) is 0 Å². The molecule has 0 spiro atoms. The third-order valence-electron chi connectivity index (χ3n) is 1.87. The van der Waals surface area contributed by atoms with E-state index in [1.165, 1.54) is 4.90 Å². The van der Waals surface area contributed by atoms with E-state index in [1.54, 1.807) is 4.72 Å². The Morgan fingerprint density at radius 2 is 1.77 bits per heavy atom. The maximum Gasteiger partial charge on any atom is 0.332 e. The molecule has 1 fully saturated rings. The minimum atomic E-state index is -3.91. The van der Waals surface area contributed by atoms with Crippen LogP contribution in [0.25, 0.3) is 0 Å². The van der Waals surface area contributed by atoms with Gasteiger partial charge in [0.2, 0.25) is 0 Å². The van der Waals surface area contributed by atoms with Gasteiger partial charge in [-0.25, -0.2) is 14.7 Å². The molecule has 0 aromatic rings. The molecule has 1 saturated heterocycles. The van der Waals surface area contributed by atoms with Gasteiger partial charge < -0.3 is 4.90 Å². The molecule has 7 heteroatoms. The molecule has 1 aliphatic heterocycles. The summed E-state index contributed by atoms with van der Waals surface area (Å²) in [5, 5.41) is 4.66. The number of likely N-dealkylation sites (tertiary alicyclic amines) is 1. The summed E-state index contributed by atoms with van der Waals surface area (Å²) in [4.78, 5) is 12.6. The number of carbonyl (C=O) groups excluding carboxylic acids is 1. The highest BCUT2D eigenvalue weighted by Crippen LogP contribution is 2.08. The molecule has 0 bridgehead atoms. The Labute approximate surface area is 77.3 Å². The van der Waals surface area contributed by atoms with Crippen LogP contribution in [0.3, 0.4) is 0 Å². The summed E-state index contributed by atoms with van der Waals surface area (Å²) < 4.78 is 22.7. The zero-order valence-electron chi connectivity index (χ0n) is 7.19. The highest BCUT2D eigenvalue weighted by Gasteiger charge is 2.18. The SMILES string of the molecule is NS(=O)(=O)NC(=O)N1CCCCC1. The maximum atomic E-state index is 11.2. The van der Waals surface area contributed by atoms with Crippen molar-refractivity contribution in [2.75, 3.05) is 13.1 Å². The quantitative estimate of drug-likeness (QED) is 0.600. The van der Waals surface area contributed by atoms with Gasteiger partial charge >= 0.3 is 6.03 Å². The maximum absolute atomic E-state index is 11.2. The molecule has 0 unspecified atom stereocenters. The van der Waals surface area contributed by atoms with Gasteiger partial charge in [0, 0.05) is 13.1 Å². The number of hydrogen-bond donors (Lipinski definition) is 2. The predicted molar refractivity (Wildman–Crippen MR) is 47.1 cm³/mol. The predicted octanol–water partition coefficient (Wildman–Crippen LogP) is -0.615. The van der Waals surface area contributed by atoms with E-state index in [-0.39, 0.29) is 0 Å². The van der Waals surface area contributed by atoms with Crippen LogP contribution in [0.4, 0.5) is 4.79 Å². The van der Waals surface area contributed by atoms with Crippen LogP contribution in [0.15, 0.2) is 0 Å². The van der Waals surface area contributed by atoms with Crippen LogP contribution in [0, 0.1) is 0 Å². The molecule has 76 valence electrons. The molecule has 0 radical (unpaired) electrons. The van der Waals surface area contributed by atoms with Crippen molar-refractivity contribution in [2.24, 2.45) is 5.14 Å². The summed E-state index contributed by atoms with van der Waals surface area (Å²) in [6.45, 7) is 1.20. The van der Waals surface area contributed by atoms with E-state index in [4.69, 9.17) is 0 Å². The monoisotopic (exact) mass is 207 g/mol. The number of amides is 2. The lowest BCUT2D eigenvalue weighted by Crippen LogP contribution is -2.47. The molecule has 2 amide bonds. The fraction of sp³-hybridized carbons (Fsp3) is 0.833. The first-order valence-electron chi connectivity index (χ1n) is 4.08. The van der Waals surface area contributed by atoms with E-state index >= 15 is 0 Å². The van der Waals surface area contributed by atoms with Gasteiger partial charge in [0.1, 0.15) is 0 Å². The average Bonchev–Trinajstić information content (AvgIpc) is 2.03. The number of urea groups is 1. The lowest BCUT2D eigenvalue weighted by atomic mass is 10.1. The molecule has 1 heterocycles. The second kappa shape index (κ2) is 3.93. The van der Waals surface area contributed by atoms with Gasteiger partial charge in [-0.2, -0.15) is 8.42 Å². The highest BCUT2D eigenvalue weighted by atomic mass is 32.2. The van der Waals surface area contributed by atoms with Gasteiger partial charge in [0.15, 0.2) is 0 Å². The number of piperidine rings is 1. The van der Waals surface area contributed by atoms with Crippen molar-refractivity contribution >= 4 is 16.2 Å². The van der Waals surface area contributed by atoms with Crippen molar-refractivity contribution < 1.29 is 13.2 Å². The molecular formula is C6H13N3O3S. The smallest absolute Gasteiger partial charge is 0.324 e. The number of nitrogens with one attached hydrogen (secondary N) is 1. The number of nitrogens with two attached hydrogens (primary N) is 1. The van der Waals surface area contributed by atoms with Crippen molar-refractivity contribution in [1.29, 1.82) is 0 Å². The number of hydrogen-bond acceptors (Lipinski definition) is 3. The summed E-state index contributed by atoms with van der Waals surface area (Å²) in [5.41, 5.74) is 0. The highest BCUT2D eigenvalue weighted by molar-refractivity contribution is 7.87. The number of nitrogens with zero attached hydrogens (tertiary/aromatic N) is 1. The zero-order valence-corrected chi connectivity index (χ0v) is 8.01. The fourth-order valence-corrected chi connectivity index (χ4v) is 1.66. The van der Waals surface area contributed by atoms with Crippen molar-refractivity contribution in [3.63, 3.8) is 0 Å². The van der Waals surface area contributed by atoms with Gasteiger partial charge in [-0.3, -0.25) is 0 Å². The Hall–Kier alpha value is -0.820. The van der Waals surface area contributed by atoms with Crippen molar-refractivity contribution in [2.45, 2.75) is 19.3 Å². The third-order valence-corrected chi connectivity index (χ3v) is 2.33. The van der Waals surface area contributed by atoms with Crippen LogP contribution in [-0.2, 0) is 10.2 Å². The Balaban J connectivity index is 2.47. The molecule has 0 aromatic carbocycles. The van der Waals surface area contributed by atoms with Gasteiger partial charge in [0.25, 0.3) is 10.2 Å². The molecule has 6 nitrogen and oxygen atoms in total. The number of rotatable bonds is 1. The summed E-state index contributed by atoms with van der Waals surface area (Å²) in [6, 6.07) is -0.623. The Kier molecular flexibility index (Phi) is 3.10. The van der Waals surface area contributed by atoms with E-state index in [0.29, 0.717) is 13.1 Å². The summed E-state index contributed by atoms with van der Waals surface area (Å²) in [5.74, 6) is 0. The summed E-state index contributed by atoms with van der Waals surface area (Å²) in [6.07, 6.45) is 2.91. The van der Waals surface area contributed by atoms with Crippen LogP contribution in [0.1, 0.15) is 19.3 Å². The molecule has 0 atom stereocenters. The Morgan fingerprint density at radius 1 is 1.23 bits per heavy atom. The largest absolute Gasteiger partial charge is 0.332 e. The second-order valence-electron chi connectivity index (χ2n) is 3.00. The Bertz CT molecular complexity index is 281. The van der Waals surface area contributed by atoms with Crippen LogP contribution >= 0.6 is 0 Å². The second-order valence-corrected chi connectivity index (χ2v) is 4.29. The van der Waals surface area contributed by atoms with Crippen LogP contribution in [0.5, 0.6) is 0 Å². The molecule has 0 aromatic heterocycles. The summed E-state index contributed by atoms with van der Waals surface area (Å²) >= 11 is 0. The fourth-order valence-electron chi connectivity index (χ4n) is 1.28. The molecule has 1 rings (SSSR count). The number of carbonyl (C=O) groups is 1. The lowest BCUT2D eigenvalue weighted by Gasteiger charge is -2.26.